The van der Waals surface area contributed by atoms with Crippen LogP contribution in [0.15, 0.2) is 36.2 Å². The van der Waals surface area contributed by atoms with E-state index in [1.54, 1.807) is 0 Å². The third kappa shape index (κ3) is 1.87. The molecule has 0 unspecified atom stereocenters. The number of aryl methyl sites for hydroxylation is 1. The quantitative estimate of drug-likeness (QED) is 0.442. The number of imide groups is 1. The molecule has 3 atom stereocenters. The van der Waals surface area contributed by atoms with E-state index >= 15 is 0 Å². The number of hydrogen-bond donors (Lipinski definition) is 0. The summed E-state index contributed by atoms with van der Waals surface area (Å²) in [6.07, 6.45) is 6.53. The summed E-state index contributed by atoms with van der Waals surface area (Å²) < 4.78 is 1.85. The minimum Gasteiger partial charge on any atom is -0.274 e. The summed E-state index contributed by atoms with van der Waals surface area (Å²) in [6.45, 7) is 4.07. The fraction of sp³-hybridized carbons (Fsp3) is 0.438. The van der Waals surface area contributed by atoms with Gasteiger partial charge in [0.2, 0.25) is 11.8 Å². The van der Waals surface area contributed by atoms with Gasteiger partial charge in [-0.1, -0.05) is 18.6 Å². The van der Waals surface area contributed by atoms with Gasteiger partial charge >= 0.3 is 0 Å². The molecule has 4 nitrogen and oxygen atoms in total. The van der Waals surface area contributed by atoms with E-state index in [1.165, 1.54) is 10.5 Å². The number of allylic oxidation sites excluding steroid dienone is 2. The first-order valence-electron chi connectivity index (χ1n) is 6.99. The van der Waals surface area contributed by atoms with Crippen LogP contribution in [0, 0.1) is 17.8 Å². The van der Waals surface area contributed by atoms with Gasteiger partial charge in [0.15, 0.2) is 12.4 Å². The SMILES string of the molecule is CC1=C[C@H](C)[C@@H]2C(=O)N(c3ccc[n+](C)c3)C(=O)[C@@H]2C1. The standard InChI is InChI=1S/C16H19N2O2/c1-10-7-11(2)14-13(8-10)15(19)18(16(14)20)12-5-4-6-17(3)9-12/h4-7,9,11,13-14H,8H2,1-3H3/q+1/t11-,13+,14-/m0/s1. The molecule has 2 heterocycles. The number of carbonyl (C=O) groups is 2. The van der Waals surface area contributed by atoms with Crippen molar-refractivity contribution in [3.05, 3.63) is 36.2 Å². The Balaban J connectivity index is 2.01. The summed E-state index contributed by atoms with van der Waals surface area (Å²) in [4.78, 5) is 26.6. The highest BCUT2D eigenvalue weighted by Crippen LogP contribution is 2.42. The van der Waals surface area contributed by atoms with Gasteiger partial charge in [0.05, 0.1) is 11.8 Å². The van der Waals surface area contributed by atoms with Crippen molar-refractivity contribution in [2.24, 2.45) is 24.8 Å². The van der Waals surface area contributed by atoms with Crippen molar-refractivity contribution in [1.82, 2.24) is 0 Å². The molecule has 1 aromatic rings. The van der Waals surface area contributed by atoms with Crippen LogP contribution in [0.2, 0.25) is 0 Å². The molecule has 104 valence electrons. The van der Waals surface area contributed by atoms with Gasteiger partial charge < -0.3 is 0 Å². The monoisotopic (exact) mass is 271 g/mol. The molecule has 0 radical (unpaired) electrons. The molecule has 1 aliphatic carbocycles. The molecule has 2 amide bonds. The van der Waals surface area contributed by atoms with Gasteiger partial charge in [0, 0.05) is 6.07 Å². The number of anilines is 1. The second-order valence-corrected chi connectivity index (χ2v) is 5.95. The first-order chi connectivity index (χ1) is 9.49. The lowest BCUT2D eigenvalue weighted by molar-refractivity contribution is -0.670. The highest BCUT2D eigenvalue weighted by molar-refractivity contribution is 6.22. The zero-order chi connectivity index (χ0) is 14.4. The smallest absolute Gasteiger partial charge is 0.238 e. The van der Waals surface area contributed by atoms with Gasteiger partial charge in [0.25, 0.3) is 0 Å². The van der Waals surface area contributed by atoms with Crippen molar-refractivity contribution < 1.29 is 14.2 Å². The maximum absolute atomic E-state index is 12.6. The van der Waals surface area contributed by atoms with Gasteiger partial charge in [-0.05, 0) is 25.3 Å². The van der Waals surface area contributed by atoms with Gasteiger partial charge in [-0.25, -0.2) is 9.47 Å². The average molecular weight is 271 g/mol. The van der Waals surface area contributed by atoms with Gasteiger partial charge in [-0.3, -0.25) is 9.59 Å². The zero-order valence-electron chi connectivity index (χ0n) is 12.0. The van der Waals surface area contributed by atoms with Crippen LogP contribution in [0.3, 0.4) is 0 Å². The number of rotatable bonds is 1. The Kier molecular flexibility index (Phi) is 2.96. The normalized spacial score (nSPS) is 29.4. The van der Waals surface area contributed by atoms with Crippen molar-refractivity contribution in [3.8, 4) is 0 Å². The molecule has 2 aliphatic rings. The Hall–Kier alpha value is -1.97. The van der Waals surface area contributed by atoms with Crippen LogP contribution in [-0.2, 0) is 16.6 Å². The third-order valence-electron chi connectivity index (χ3n) is 4.31. The van der Waals surface area contributed by atoms with E-state index in [0.29, 0.717) is 12.1 Å². The summed E-state index contributed by atoms with van der Waals surface area (Å²) >= 11 is 0. The van der Waals surface area contributed by atoms with Crippen LogP contribution >= 0.6 is 0 Å². The molecule has 0 aromatic carbocycles. The number of hydrogen-bond acceptors (Lipinski definition) is 2. The first kappa shape index (κ1) is 13.0. The minimum atomic E-state index is -0.197. The molecule has 1 aliphatic heterocycles. The van der Waals surface area contributed by atoms with E-state index in [2.05, 4.69) is 6.08 Å². The number of fused-ring (bicyclic) bond motifs is 1. The van der Waals surface area contributed by atoms with E-state index in [4.69, 9.17) is 0 Å². The fourth-order valence-corrected chi connectivity index (χ4v) is 3.48. The third-order valence-corrected chi connectivity index (χ3v) is 4.31. The van der Waals surface area contributed by atoms with Crippen molar-refractivity contribution in [2.75, 3.05) is 4.90 Å². The number of nitrogens with zero attached hydrogens (tertiary/aromatic N) is 2. The largest absolute Gasteiger partial charge is 0.274 e. The van der Waals surface area contributed by atoms with Crippen LogP contribution in [-0.4, -0.2) is 11.8 Å². The molecule has 3 rings (SSSR count). The van der Waals surface area contributed by atoms with E-state index in [0.717, 1.165) is 0 Å². The first-order valence-corrected chi connectivity index (χ1v) is 6.99. The number of pyridine rings is 1. The van der Waals surface area contributed by atoms with E-state index in [9.17, 15) is 9.59 Å². The summed E-state index contributed by atoms with van der Waals surface area (Å²) in [5.41, 5.74) is 1.88. The summed E-state index contributed by atoms with van der Waals surface area (Å²) in [7, 11) is 1.88. The molecule has 1 fully saturated rings. The highest BCUT2D eigenvalue weighted by atomic mass is 16.2. The van der Waals surface area contributed by atoms with Crippen molar-refractivity contribution in [3.63, 3.8) is 0 Å². The maximum Gasteiger partial charge on any atom is 0.238 e. The second-order valence-electron chi connectivity index (χ2n) is 5.95. The van der Waals surface area contributed by atoms with Crippen molar-refractivity contribution >= 4 is 17.5 Å². The fourth-order valence-electron chi connectivity index (χ4n) is 3.48. The zero-order valence-corrected chi connectivity index (χ0v) is 12.0. The molecule has 1 aromatic heterocycles. The van der Waals surface area contributed by atoms with Crippen LogP contribution < -0.4 is 9.47 Å². The Morgan fingerprint density at radius 2 is 2.05 bits per heavy atom. The molecule has 20 heavy (non-hydrogen) atoms. The highest BCUT2D eigenvalue weighted by Gasteiger charge is 2.51. The Bertz CT molecular complexity index is 621. The summed E-state index contributed by atoms with van der Waals surface area (Å²) in [5, 5.41) is 0. The topological polar surface area (TPSA) is 41.3 Å². The van der Waals surface area contributed by atoms with Gasteiger partial charge in [-0.15, -0.1) is 0 Å². The average Bonchev–Trinajstić information content (AvgIpc) is 2.61. The van der Waals surface area contributed by atoms with Gasteiger partial charge in [-0.2, -0.15) is 0 Å². The van der Waals surface area contributed by atoms with Crippen molar-refractivity contribution in [2.45, 2.75) is 20.3 Å². The predicted octanol–water partition coefficient (Wildman–Crippen LogP) is 1.60. The van der Waals surface area contributed by atoms with Crippen molar-refractivity contribution in [1.29, 1.82) is 0 Å². The van der Waals surface area contributed by atoms with Gasteiger partial charge in [0.1, 0.15) is 12.7 Å². The molecular weight excluding hydrogens is 252 g/mol. The summed E-state index contributed by atoms with van der Waals surface area (Å²) in [6, 6.07) is 3.67. The van der Waals surface area contributed by atoms with E-state index in [1.807, 2.05) is 50.0 Å². The number of amides is 2. The Labute approximate surface area is 118 Å². The number of aromatic nitrogens is 1. The van der Waals surface area contributed by atoms with E-state index in [-0.39, 0.29) is 29.6 Å². The molecule has 0 N–H and O–H groups in total. The number of carbonyl (C=O) groups excluding carboxylic acids is 2. The van der Waals surface area contributed by atoms with Crippen LogP contribution in [0.1, 0.15) is 20.3 Å². The minimum absolute atomic E-state index is 0.0505. The molecule has 4 heteroatoms. The Morgan fingerprint density at radius 1 is 1.30 bits per heavy atom. The van der Waals surface area contributed by atoms with Crippen LogP contribution in [0.5, 0.6) is 0 Å². The second kappa shape index (κ2) is 4.54. The molecule has 0 bridgehead atoms. The molecule has 1 saturated heterocycles. The predicted molar refractivity (Wildman–Crippen MR) is 74.6 cm³/mol. The lowest BCUT2D eigenvalue weighted by Crippen LogP contribution is -2.35. The molecule has 0 saturated carbocycles. The molecular formula is C16H19N2O2+. The van der Waals surface area contributed by atoms with Crippen LogP contribution in [0.25, 0.3) is 0 Å². The lowest BCUT2D eigenvalue weighted by Gasteiger charge is -2.25. The maximum atomic E-state index is 12.6. The Morgan fingerprint density at radius 3 is 2.75 bits per heavy atom. The lowest BCUT2D eigenvalue weighted by atomic mass is 9.76. The van der Waals surface area contributed by atoms with Crippen LogP contribution in [0.4, 0.5) is 5.69 Å². The molecule has 0 spiro atoms. The van der Waals surface area contributed by atoms with E-state index < -0.39 is 0 Å². The summed E-state index contributed by atoms with van der Waals surface area (Å²) in [5.74, 6) is -0.356.